The van der Waals surface area contributed by atoms with E-state index in [1.54, 1.807) is 12.1 Å². The fourth-order valence-electron chi connectivity index (χ4n) is 2.21. The van der Waals surface area contributed by atoms with Crippen molar-refractivity contribution in [3.05, 3.63) is 71.8 Å². The predicted molar refractivity (Wildman–Crippen MR) is 76.8 cm³/mol. The van der Waals surface area contributed by atoms with Gasteiger partial charge in [0.1, 0.15) is 0 Å². The lowest BCUT2D eigenvalue weighted by atomic mass is 9.89. The van der Waals surface area contributed by atoms with Crippen LogP contribution in [0.25, 0.3) is 0 Å². The van der Waals surface area contributed by atoms with Crippen LogP contribution < -0.4 is 0 Å². The Morgan fingerprint density at radius 1 is 0.850 bits per heavy atom. The Morgan fingerprint density at radius 3 is 1.95 bits per heavy atom. The van der Waals surface area contributed by atoms with Crippen molar-refractivity contribution in [2.24, 2.45) is 0 Å². The molecule has 0 aliphatic rings. The van der Waals surface area contributed by atoms with E-state index in [4.69, 9.17) is 5.11 Å². The number of carbonyl (C=O) groups is 2. The summed E-state index contributed by atoms with van der Waals surface area (Å²) in [6.45, 7) is 0. The summed E-state index contributed by atoms with van der Waals surface area (Å²) in [5.74, 6) is -1.21. The number of hydrogen-bond donors (Lipinski definition) is 1. The summed E-state index contributed by atoms with van der Waals surface area (Å²) < 4.78 is 0. The summed E-state index contributed by atoms with van der Waals surface area (Å²) in [5, 5.41) is 9.02. The highest BCUT2D eigenvalue weighted by molar-refractivity contribution is 5.96. The van der Waals surface area contributed by atoms with Crippen LogP contribution in [0.5, 0.6) is 0 Å². The largest absolute Gasteiger partial charge is 0.481 e. The van der Waals surface area contributed by atoms with Gasteiger partial charge >= 0.3 is 5.97 Å². The topological polar surface area (TPSA) is 54.4 Å². The molecule has 2 aromatic carbocycles. The van der Waals surface area contributed by atoms with Crippen molar-refractivity contribution < 1.29 is 14.7 Å². The van der Waals surface area contributed by atoms with E-state index in [1.807, 2.05) is 48.5 Å². The van der Waals surface area contributed by atoms with Gasteiger partial charge in [-0.25, -0.2) is 0 Å². The molecule has 0 amide bonds. The lowest BCUT2D eigenvalue weighted by Gasteiger charge is -2.14. The average molecular weight is 268 g/mol. The van der Waals surface area contributed by atoms with E-state index in [9.17, 15) is 9.59 Å². The Labute approximate surface area is 117 Å². The molecule has 3 nitrogen and oxygen atoms in total. The molecule has 0 fully saturated rings. The zero-order chi connectivity index (χ0) is 14.4. The molecule has 0 aliphatic carbocycles. The van der Waals surface area contributed by atoms with E-state index in [2.05, 4.69) is 0 Å². The van der Waals surface area contributed by atoms with Crippen LogP contribution in [0, 0.1) is 0 Å². The quantitative estimate of drug-likeness (QED) is 0.815. The summed E-state index contributed by atoms with van der Waals surface area (Å²) in [6.07, 6.45) is 0.170. The molecule has 0 bridgehead atoms. The fraction of sp³-hybridized carbons (Fsp3) is 0.176. The maximum Gasteiger partial charge on any atom is 0.303 e. The number of benzene rings is 2. The third-order valence-electron chi connectivity index (χ3n) is 3.22. The van der Waals surface area contributed by atoms with Gasteiger partial charge in [0.25, 0.3) is 0 Å². The van der Waals surface area contributed by atoms with Gasteiger partial charge < -0.3 is 5.11 Å². The highest BCUT2D eigenvalue weighted by Gasteiger charge is 2.19. The van der Waals surface area contributed by atoms with E-state index < -0.39 is 5.97 Å². The highest BCUT2D eigenvalue weighted by atomic mass is 16.4. The molecule has 0 aromatic heterocycles. The van der Waals surface area contributed by atoms with Crippen LogP contribution in [0.3, 0.4) is 0 Å². The normalized spacial score (nSPS) is 11.8. The first-order valence-electron chi connectivity index (χ1n) is 6.52. The minimum Gasteiger partial charge on any atom is -0.481 e. The number of rotatable bonds is 6. The van der Waals surface area contributed by atoms with Crippen LogP contribution in [-0.4, -0.2) is 16.9 Å². The number of carboxylic acid groups (broad SMARTS) is 1. The molecule has 2 rings (SSSR count). The summed E-state index contributed by atoms with van der Waals surface area (Å²) in [6, 6.07) is 18.3. The van der Waals surface area contributed by atoms with Gasteiger partial charge in [0.15, 0.2) is 5.78 Å². The lowest BCUT2D eigenvalue weighted by molar-refractivity contribution is -0.137. The number of carbonyl (C=O) groups excluding carboxylic acids is 1. The van der Waals surface area contributed by atoms with Crippen molar-refractivity contribution in [1.29, 1.82) is 0 Å². The number of hydrogen-bond acceptors (Lipinski definition) is 2. The summed E-state index contributed by atoms with van der Waals surface area (Å²) in [5.41, 5.74) is 1.51. The lowest BCUT2D eigenvalue weighted by Crippen LogP contribution is -2.12. The van der Waals surface area contributed by atoms with E-state index in [0.29, 0.717) is 5.56 Å². The number of aliphatic carboxylic acids is 1. The van der Waals surface area contributed by atoms with Gasteiger partial charge in [-0.05, 0) is 5.56 Å². The molecule has 0 heterocycles. The van der Waals surface area contributed by atoms with Crippen molar-refractivity contribution in [3.63, 3.8) is 0 Å². The van der Waals surface area contributed by atoms with Crippen LogP contribution >= 0.6 is 0 Å². The molecule has 0 spiro atoms. The molecule has 102 valence electrons. The zero-order valence-electron chi connectivity index (χ0n) is 11.0. The minimum absolute atomic E-state index is 0.0271. The Hall–Kier alpha value is -2.42. The Kier molecular flexibility index (Phi) is 4.66. The number of ketones is 1. The fourth-order valence-corrected chi connectivity index (χ4v) is 2.21. The Balaban J connectivity index is 2.16. The standard InChI is InChI=1S/C17H16O3/c18-16(14-9-5-2-6-10-14)11-15(12-17(19)20)13-7-3-1-4-8-13/h1-10,15H,11-12H2,(H,19,20)/t15-/m1/s1. The number of carboxylic acids is 1. The second-order valence-corrected chi connectivity index (χ2v) is 4.70. The van der Waals surface area contributed by atoms with Gasteiger partial charge in [-0.15, -0.1) is 0 Å². The molecule has 1 atom stereocenters. The van der Waals surface area contributed by atoms with Crippen molar-refractivity contribution >= 4 is 11.8 Å². The van der Waals surface area contributed by atoms with E-state index >= 15 is 0 Å². The molecule has 0 saturated carbocycles. The first-order chi connectivity index (χ1) is 9.66. The molecule has 0 radical (unpaired) electrons. The maximum absolute atomic E-state index is 12.2. The van der Waals surface area contributed by atoms with Crippen molar-refractivity contribution in [1.82, 2.24) is 0 Å². The van der Waals surface area contributed by atoms with Crippen LogP contribution in [0.2, 0.25) is 0 Å². The van der Waals surface area contributed by atoms with Crippen LogP contribution in [0.1, 0.15) is 34.7 Å². The highest BCUT2D eigenvalue weighted by Crippen LogP contribution is 2.25. The van der Waals surface area contributed by atoms with Crippen molar-refractivity contribution in [2.45, 2.75) is 18.8 Å². The SMILES string of the molecule is O=C(O)C[C@@H](CC(=O)c1ccccc1)c1ccccc1. The van der Waals surface area contributed by atoms with Gasteiger partial charge in [0.05, 0.1) is 6.42 Å². The van der Waals surface area contributed by atoms with Crippen LogP contribution in [-0.2, 0) is 4.79 Å². The minimum atomic E-state index is -0.889. The van der Waals surface area contributed by atoms with E-state index in [-0.39, 0.29) is 24.5 Å². The Bertz CT molecular complexity index is 576. The molecule has 1 N–H and O–H groups in total. The molecule has 0 unspecified atom stereocenters. The monoisotopic (exact) mass is 268 g/mol. The molecule has 0 aliphatic heterocycles. The molecule has 20 heavy (non-hydrogen) atoms. The maximum atomic E-state index is 12.2. The molecule has 3 heteroatoms. The molecule has 0 saturated heterocycles. The van der Waals surface area contributed by atoms with Gasteiger partial charge in [-0.3, -0.25) is 9.59 Å². The molecule has 2 aromatic rings. The van der Waals surface area contributed by atoms with Crippen LogP contribution in [0.4, 0.5) is 0 Å². The third kappa shape index (κ3) is 3.79. The zero-order valence-corrected chi connectivity index (χ0v) is 11.0. The Morgan fingerprint density at radius 2 is 1.40 bits per heavy atom. The molecular weight excluding hydrogens is 252 g/mol. The number of Topliss-reactive ketones (excluding diaryl/α,β-unsaturated/α-hetero) is 1. The second kappa shape index (κ2) is 6.66. The third-order valence-corrected chi connectivity index (χ3v) is 3.22. The van der Waals surface area contributed by atoms with Gasteiger partial charge in [0.2, 0.25) is 0 Å². The average Bonchev–Trinajstić information content (AvgIpc) is 2.48. The van der Waals surface area contributed by atoms with E-state index in [0.717, 1.165) is 5.56 Å². The second-order valence-electron chi connectivity index (χ2n) is 4.70. The smallest absolute Gasteiger partial charge is 0.303 e. The summed E-state index contributed by atoms with van der Waals surface area (Å²) >= 11 is 0. The van der Waals surface area contributed by atoms with Gasteiger partial charge in [-0.1, -0.05) is 60.7 Å². The first-order valence-corrected chi connectivity index (χ1v) is 6.52. The van der Waals surface area contributed by atoms with Crippen LogP contribution in [0.15, 0.2) is 60.7 Å². The predicted octanol–water partition coefficient (Wildman–Crippen LogP) is 3.52. The summed E-state index contributed by atoms with van der Waals surface area (Å²) in [7, 11) is 0. The van der Waals surface area contributed by atoms with E-state index in [1.165, 1.54) is 0 Å². The van der Waals surface area contributed by atoms with Gasteiger partial charge in [0, 0.05) is 17.9 Å². The van der Waals surface area contributed by atoms with Gasteiger partial charge in [-0.2, -0.15) is 0 Å². The molecular formula is C17H16O3. The summed E-state index contributed by atoms with van der Waals surface area (Å²) in [4.78, 5) is 23.2. The first kappa shape index (κ1) is 14.0. The van der Waals surface area contributed by atoms with Crippen molar-refractivity contribution in [2.75, 3.05) is 0 Å². The van der Waals surface area contributed by atoms with Crippen molar-refractivity contribution in [3.8, 4) is 0 Å².